The second-order valence-corrected chi connectivity index (χ2v) is 10.5. The number of carboxylic acid groups (broad SMARTS) is 1. The van der Waals surface area contributed by atoms with Crippen molar-refractivity contribution >= 4 is 35.0 Å². The van der Waals surface area contributed by atoms with Gasteiger partial charge in [0, 0.05) is 22.6 Å². The summed E-state index contributed by atoms with van der Waals surface area (Å²) in [6, 6.07) is 10.5. The van der Waals surface area contributed by atoms with Crippen molar-refractivity contribution < 1.29 is 38.9 Å². The number of ketones is 2. The van der Waals surface area contributed by atoms with E-state index in [1.165, 1.54) is 43.5 Å². The Kier molecular flexibility index (Phi) is 5.83. The highest BCUT2D eigenvalue weighted by atomic mass is 16.5. The zero-order valence-electron chi connectivity index (χ0n) is 21.7. The maximum atomic E-state index is 13.9. The Morgan fingerprint density at radius 1 is 1.02 bits per heavy atom. The number of anilines is 1. The molecule has 9 nitrogen and oxygen atoms in total. The highest BCUT2D eigenvalue weighted by molar-refractivity contribution is 6.25. The zero-order valence-corrected chi connectivity index (χ0v) is 21.7. The van der Waals surface area contributed by atoms with Gasteiger partial charge in [0.05, 0.1) is 30.2 Å². The topological polar surface area (TPSA) is 138 Å². The lowest BCUT2D eigenvalue weighted by Gasteiger charge is -2.42. The number of nitrogens with zero attached hydrogens (tertiary/aromatic N) is 1. The first-order valence-electron chi connectivity index (χ1n) is 12.9. The van der Waals surface area contributed by atoms with Crippen molar-refractivity contribution in [2.45, 2.75) is 25.7 Å². The molecule has 1 saturated heterocycles. The fraction of sp³-hybridized carbons (Fsp3) is 0.258. The summed E-state index contributed by atoms with van der Waals surface area (Å²) >= 11 is 0. The molecule has 4 atom stereocenters. The number of carbonyl (C=O) groups excluding carboxylic acids is 4. The molecule has 2 aromatic rings. The van der Waals surface area contributed by atoms with Crippen molar-refractivity contribution in [2.24, 2.45) is 17.8 Å². The monoisotopic (exact) mass is 539 g/mol. The van der Waals surface area contributed by atoms with Gasteiger partial charge >= 0.3 is 5.97 Å². The number of carbonyl (C=O) groups is 5. The van der Waals surface area contributed by atoms with Gasteiger partial charge in [0.15, 0.2) is 23.1 Å². The van der Waals surface area contributed by atoms with Crippen molar-refractivity contribution in [3.63, 3.8) is 0 Å². The second kappa shape index (κ2) is 9.15. The Bertz CT molecular complexity index is 1640. The van der Waals surface area contributed by atoms with Gasteiger partial charge in [-0.3, -0.25) is 24.1 Å². The van der Waals surface area contributed by atoms with E-state index in [1.54, 1.807) is 19.1 Å². The molecule has 3 aliphatic carbocycles. The molecule has 1 aliphatic heterocycles. The number of imide groups is 1. The standard InChI is InChI=1S/C31H25NO8/c1-14-10-23(34)27-21(28(14)35)13-20-18(25(27)15-6-9-24(40-2)22(33)12-15)7-8-19-26(20)30(37)32(29(19)36)17-5-3-4-16(11-17)31(38)39/h3-7,9-12,19-20,25-26,33H,8,13H2,1-2H3,(H,38,39)/t19-,20+,25-,26-/m0/s1. The minimum absolute atomic E-state index is 0.0489. The van der Waals surface area contributed by atoms with E-state index in [9.17, 15) is 34.2 Å². The molecule has 2 aromatic carbocycles. The minimum atomic E-state index is -1.18. The lowest BCUT2D eigenvalue weighted by molar-refractivity contribution is -0.123. The Balaban J connectivity index is 1.47. The first kappa shape index (κ1) is 25.5. The number of fused-ring (bicyclic) bond motifs is 3. The number of phenolic OH excluding ortho intramolecular Hbond substituents is 1. The van der Waals surface area contributed by atoms with E-state index in [1.807, 2.05) is 6.08 Å². The van der Waals surface area contributed by atoms with Crippen molar-refractivity contribution in [2.75, 3.05) is 12.0 Å². The molecule has 0 radical (unpaired) electrons. The van der Waals surface area contributed by atoms with E-state index in [2.05, 4.69) is 0 Å². The van der Waals surface area contributed by atoms with Gasteiger partial charge < -0.3 is 14.9 Å². The molecule has 0 aromatic heterocycles. The molecule has 6 rings (SSSR count). The van der Waals surface area contributed by atoms with Crippen LogP contribution in [0, 0.1) is 17.8 Å². The third kappa shape index (κ3) is 3.65. The van der Waals surface area contributed by atoms with E-state index in [4.69, 9.17) is 4.74 Å². The summed E-state index contributed by atoms with van der Waals surface area (Å²) in [5.41, 5.74) is 2.40. The van der Waals surface area contributed by atoms with Crippen LogP contribution in [0.1, 0.15) is 41.6 Å². The highest BCUT2D eigenvalue weighted by Gasteiger charge is 2.56. The molecule has 9 heteroatoms. The minimum Gasteiger partial charge on any atom is -0.504 e. The maximum absolute atomic E-state index is 13.9. The number of ether oxygens (including phenoxy) is 1. The Morgan fingerprint density at radius 2 is 1.80 bits per heavy atom. The number of methoxy groups -OCH3 is 1. The van der Waals surface area contributed by atoms with Gasteiger partial charge in [-0.25, -0.2) is 4.79 Å². The van der Waals surface area contributed by atoms with Gasteiger partial charge in [-0.2, -0.15) is 0 Å². The molecule has 0 bridgehead atoms. The number of aromatic carboxylic acids is 1. The maximum Gasteiger partial charge on any atom is 0.335 e. The van der Waals surface area contributed by atoms with Crippen LogP contribution in [0.3, 0.4) is 0 Å². The number of rotatable bonds is 4. The fourth-order valence-electron chi connectivity index (χ4n) is 6.68. The van der Waals surface area contributed by atoms with Crippen LogP contribution in [0.5, 0.6) is 11.5 Å². The van der Waals surface area contributed by atoms with Gasteiger partial charge in [-0.05, 0) is 67.7 Å². The molecular weight excluding hydrogens is 514 g/mol. The van der Waals surface area contributed by atoms with Crippen LogP contribution in [0.15, 0.2) is 76.9 Å². The van der Waals surface area contributed by atoms with Crippen LogP contribution in [0.4, 0.5) is 5.69 Å². The normalized spacial score (nSPS) is 25.7. The van der Waals surface area contributed by atoms with E-state index in [0.29, 0.717) is 22.3 Å². The predicted octanol–water partition coefficient (Wildman–Crippen LogP) is 3.73. The molecule has 1 heterocycles. The number of hydrogen-bond acceptors (Lipinski definition) is 7. The van der Waals surface area contributed by atoms with E-state index >= 15 is 0 Å². The molecule has 0 saturated carbocycles. The third-order valence-corrected chi connectivity index (χ3v) is 8.45. The molecule has 202 valence electrons. The molecule has 4 aliphatic rings. The average Bonchev–Trinajstić information content (AvgIpc) is 3.20. The molecule has 0 spiro atoms. The first-order chi connectivity index (χ1) is 19.1. The number of aromatic hydroxyl groups is 1. The van der Waals surface area contributed by atoms with E-state index in [0.717, 1.165) is 10.5 Å². The number of benzene rings is 2. The number of allylic oxidation sites excluding steroid dienone is 6. The average molecular weight is 540 g/mol. The summed E-state index contributed by atoms with van der Waals surface area (Å²) in [5, 5.41) is 20.0. The van der Waals surface area contributed by atoms with Crippen LogP contribution >= 0.6 is 0 Å². The number of carboxylic acids is 1. The van der Waals surface area contributed by atoms with Crippen LogP contribution in [-0.2, 0) is 19.2 Å². The van der Waals surface area contributed by atoms with Crippen LogP contribution < -0.4 is 9.64 Å². The molecular formula is C31H25NO8. The van der Waals surface area contributed by atoms with E-state index in [-0.39, 0.29) is 47.2 Å². The summed E-state index contributed by atoms with van der Waals surface area (Å²) < 4.78 is 5.18. The Labute approximate surface area is 229 Å². The zero-order chi connectivity index (χ0) is 28.5. The van der Waals surface area contributed by atoms with Crippen molar-refractivity contribution in [1.82, 2.24) is 0 Å². The van der Waals surface area contributed by atoms with Crippen molar-refractivity contribution in [3.05, 3.63) is 88.0 Å². The Hall–Kier alpha value is -4.79. The van der Waals surface area contributed by atoms with Gasteiger partial charge in [0.2, 0.25) is 11.8 Å². The smallest absolute Gasteiger partial charge is 0.335 e. The van der Waals surface area contributed by atoms with Crippen LogP contribution in [0.2, 0.25) is 0 Å². The fourth-order valence-corrected chi connectivity index (χ4v) is 6.68. The molecule has 2 N–H and O–H groups in total. The SMILES string of the molecule is COc1ccc([C@H]2C3=CC[C@@H]4C(=O)N(c5cccc(C(=O)O)c5)C(=O)[C@@H]4[C@@H]3CC3=C2C(=O)C=C(C)C3=O)cc1O. The quantitative estimate of drug-likeness (QED) is 0.341. The number of Topliss-reactive ketones (excluding diaryl/α,β-unsaturated/α-hetero) is 1. The Morgan fingerprint density at radius 3 is 2.50 bits per heavy atom. The lowest BCUT2D eigenvalue weighted by atomic mass is 9.59. The number of hydrogen-bond donors (Lipinski definition) is 2. The summed E-state index contributed by atoms with van der Waals surface area (Å²) in [7, 11) is 1.42. The van der Waals surface area contributed by atoms with E-state index < -0.39 is 41.5 Å². The largest absolute Gasteiger partial charge is 0.504 e. The molecule has 2 amide bonds. The lowest BCUT2D eigenvalue weighted by Crippen LogP contribution is -2.39. The van der Waals surface area contributed by atoms with Gasteiger partial charge in [0.25, 0.3) is 0 Å². The summed E-state index contributed by atoms with van der Waals surface area (Å²) in [6.07, 6.45) is 3.57. The van der Waals surface area contributed by atoms with Gasteiger partial charge in [-0.1, -0.05) is 23.8 Å². The highest BCUT2D eigenvalue weighted by Crippen LogP contribution is 2.55. The predicted molar refractivity (Wildman–Crippen MR) is 142 cm³/mol. The van der Waals surface area contributed by atoms with Crippen LogP contribution in [0.25, 0.3) is 0 Å². The van der Waals surface area contributed by atoms with Gasteiger partial charge in [0.1, 0.15) is 0 Å². The first-order valence-corrected chi connectivity index (χ1v) is 12.9. The number of amides is 2. The van der Waals surface area contributed by atoms with Crippen molar-refractivity contribution in [1.29, 1.82) is 0 Å². The summed E-state index contributed by atoms with van der Waals surface area (Å²) in [4.78, 5) is 66.8. The molecule has 40 heavy (non-hydrogen) atoms. The summed E-state index contributed by atoms with van der Waals surface area (Å²) in [6.45, 7) is 1.58. The third-order valence-electron chi connectivity index (χ3n) is 8.45. The van der Waals surface area contributed by atoms with Crippen molar-refractivity contribution in [3.8, 4) is 11.5 Å². The molecule has 1 fully saturated rings. The van der Waals surface area contributed by atoms with Crippen LogP contribution in [-0.4, -0.2) is 46.7 Å². The molecule has 0 unspecified atom stereocenters. The number of phenols is 1. The summed E-state index contributed by atoms with van der Waals surface area (Å²) in [5.74, 6) is -5.23. The second-order valence-electron chi connectivity index (χ2n) is 10.5. The van der Waals surface area contributed by atoms with Gasteiger partial charge in [-0.15, -0.1) is 0 Å².